The van der Waals surface area contributed by atoms with Crippen molar-refractivity contribution in [3.63, 3.8) is 0 Å². The zero-order valence-corrected chi connectivity index (χ0v) is 15.3. The molecule has 0 saturated carbocycles. The number of amides is 1. The number of rotatable bonds is 6. The van der Waals surface area contributed by atoms with Crippen molar-refractivity contribution < 1.29 is 19.4 Å². The summed E-state index contributed by atoms with van der Waals surface area (Å²) >= 11 is 0. The third-order valence-electron chi connectivity index (χ3n) is 3.92. The maximum Gasteiger partial charge on any atom is 0.241 e. The molecular weight excluding hydrogens is 356 g/mol. The molecule has 2 atom stereocenters. The van der Waals surface area contributed by atoms with Gasteiger partial charge in [0.25, 0.3) is 0 Å². The van der Waals surface area contributed by atoms with Crippen LogP contribution in [0, 0.1) is 0 Å². The Morgan fingerprint density at radius 1 is 1.12 bits per heavy atom. The molecule has 2 aromatic carbocycles. The van der Waals surface area contributed by atoms with Gasteiger partial charge in [-0.25, -0.2) is 0 Å². The van der Waals surface area contributed by atoms with Crippen LogP contribution in [0.5, 0.6) is 17.2 Å². The molecule has 0 radical (unpaired) electrons. The van der Waals surface area contributed by atoms with Crippen molar-refractivity contribution in [2.24, 2.45) is 0 Å². The van der Waals surface area contributed by atoms with Gasteiger partial charge >= 0.3 is 0 Å². The molecule has 0 aromatic heterocycles. The van der Waals surface area contributed by atoms with Gasteiger partial charge in [-0.3, -0.25) is 4.79 Å². The third-order valence-corrected chi connectivity index (χ3v) is 3.92. The predicted molar refractivity (Wildman–Crippen MR) is 102 cm³/mol. The maximum atomic E-state index is 12.1. The van der Waals surface area contributed by atoms with Gasteiger partial charge < -0.3 is 25.2 Å². The average molecular weight is 379 g/mol. The van der Waals surface area contributed by atoms with Gasteiger partial charge in [-0.2, -0.15) is 0 Å². The fraction of sp³-hybridized carbons (Fsp3) is 0.316. The molecule has 140 valence electrons. The molecule has 2 unspecified atom stereocenters. The Morgan fingerprint density at radius 3 is 2.23 bits per heavy atom. The highest BCUT2D eigenvalue weighted by Crippen LogP contribution is 2.25. The quantitative estimate of drug-likeness (QED) is 0.720. The molecule has 6 nitrogen and oxygen atoms in total. The van der Waals surface area contributed by atoms with E-state index >= 15 is 0 Å². The summed E-state index contributed by atoms with van der Waals surface area (Å²) in [5.41, 5.74) is 0.687. The standard InChI is InChI=1S/C19H22N2O4.ClH/c1-2-24-15-7-9-17(10-8-15)25-16-5-3-13(4-6-16)21-19(23)18-11-14(22)12-20-18;/h3-10,14,18,20,22H,2,11-12H2,1H3,(H,21,23);1H. The number of ether oxygens (including phenoxy) is 2. The van der Waals surface area contributed by atoms with Crippen molar-refractivity contribution in [1.29, 1.82) is 0 Å². The maximum absolute atomic E-state index is 12.1. The van der Waals surface area contributed by atoms with E-state index < -0.39 is 6.10 Å². The summed E-state index contributed by atoms with van der Waals surface area (Å²) in [6, 6.07) is 14.2. The normalized spacial score (nSPS) is 18.7. The molecule has 1 heterocycles. The number of carbonyl (C=O) groups is 1. The van der Waals surface area contributed by atoms with E-state index in [1.54, 1.807) is 24.3 Å². The molecule has 26 heavy (non-hydrogen) atoms. The van der Waals surface area contributed by atoms with Crippen LogP contribution in [-0.4, -0.2) is 36.3 Å². The summed E-state index contributed by atoms with van der Waals surface area (Å²) in [7, 11) is 0. The number of aliphatic hydroxyl groups excluding tert-OH is 1. The van der Waals surface area contributed by atoms with Crippen molar-refractivity contribution in [2.75, 3.05) is 18.5 Å². The number of halogens is 1. The van der Waals surface area contributed by atoms with Gasteiger partial charge in [0, 0.05) is 12.2 Å². The van der Waals surface area contributed by atoms with Gasteiger partial charge in [-0.15, -0.1) is 12.4 Å². The summed E-state index contributed by atoms with van der Waals surface area (Å²) in [5.74, 6) is 2.05. The smallest absolute Gasteiger partial charge is 0.241 e. The SMILES string of the molecule is CCOc1ccc(Oc2ccc(NC(=O)C3CC(O)CN3)cc2)cc1.Cl. The first-order valence-corrected chi connectivity index (χ1v) is 8.37. The molecule has 2 aromatic rings. The van der Waals surface area contributed by atoms with Crippen LogP contribution < -0.4 is 20.1 Å². The number of β-amino-alcohol motifs (C(OH)–C–C–N with tert-alkyl or cyclic N) is 1. The topological polar surface area (TPSA) is 79.8 Å². The second kappa shape index (κ2) is 9.43. The van der Waals surface area contributed by atoms with Gasteiger partial charge in [0.2, 0.25) is 5.91 Å². The number of hydrogen-bond donors (Lipinski definition) is 3. The minimum atomic E-state index is -0.458. The van der Waals surface area contributed by atoms with Gasteiger partial charge in [0.15, 0.2) is 0 Å². The number of carbonyl (C=O) groups excluding carboxylic acids is 1. The van der Waals surface area contributed by atoms with E-state index in [1.165, 1.54) is 0 Å². The van der Waals surface area contributed by atoms with Crippen molar-refractivity contribution in [1.82, 2.24) is 5.32 Å². The fourth-order valence-corrected chi connectivity index (χ4v) is 2.66. The lowest BCUT2D eigenvalue weighted by Crippen LogP contribution is -2.35. The number of hydrogen-bond acceptors (Lipinski definition) is 5. The highest BCUT2D eigenvalue weighted by atomic mass is 35.5. The van der Waals surface area contributed by atoms with Crippen LogP contribution in [0.1, 0.15) is 13.3 Å². The van der Waals surface area contributed by atoms with Crippen molar-refractivity contribution in [3.05, 3.63) is 48.5 Å². The predicted octanol–water partition coefficient (Wildman–Crippen LogP) is 2.96. The Morgan fingerprint density at radius 2 is 1.69 bits per heavy atom. The Bertz CT molecular complexity index is 706. The molecule has 0 spiro atoms. The number of aliphatic hydroxyl groups is 1. The van der Waals surface area contributed by atoms with Gasteiger partial charge in [0.05, 0.1) is 18.8 Å². The molecule has 0 bridgehead atoms. The summed E-state index contributed by atoms with van der Waals surface area (Å²) in [6.45, 7) is 3.02. The molecule has 0 aliphatic carbocycles. The van der Waals surface area contributed by atoms with Gasteiger partial charge in [-0.1, -0.05) is 0 Å². The van der Waals surface area contributed by atoms with E-state index in [4.69, 9.17) is 9.47 Å². The molecule has 1 amide bonds. The molecule has 7 heteroatoms. The summed E-state index contributed by atoms with van der Waals surface area (Å²) < 4.78 is 11.2. The fourth-order valence-electron chi connectivity index (χ4n) is 2.66. The van der Waals surface area contributed by atoms with E-state index in [-0.39, 0.29) is 24.4 Å². The van der Waals surface area contributed by atoms with Crippen molar-refractivity contribution in [3.8, 4) is 17.2 Å². The molecular formula is C19H23ClN2O4. The Kier molecular flexibility index (Phi) is 7.26. The first-order chi connectivity index (χ1) is 12.1. The number of anilines is 1. The largest absolute Gasteiger partial charge is 0.494 e. The minimum absolute atomic E-state index is 0. The lowest BCUT2D eigenvalue weighted by molar-refractivity contribution is -0.117. The lowest BCUT2D eigenvalue weighted by Gasteiger charge is -2.12. The van der Waals surface area contributed by atoms with Crippen molar-refractivity contribution in [2.45, 2.75) is 25.5 Å². The molecule has 1 fully saturated rings. The Labute approximate surface area is 158 Å². The van der Waals surface area contributed by atoms with Crippen LogP contribution in [0.15, 0.2) is 48.5 Å². The minimum Gasteiger partial charge on any atom is -0.494 e. The second-order valence-corrected chi connectivity index (χ2v) is 5.87. The molecule has 1 saturated heterocycles. The van der Waals surface area contributed by atoms with Crippen molar-refractivity contribution >= 4 is 24.0 Å². The van der Waals surface area contributed by atoms with E-state index in [9.17, 15) is 9.90 Å². The van der Waals surface area contributed by atoms with Crippen LogP contribution in [-0.2, 0) is 4.79 Å². The second-order valence-electron chi connectivity index (χ2n) is 5.87. The van der Waals surface area contributed by atoms with E-state index in [1.807, 2.05) is 31.2 Å². The molecule has 1 aliphatic rings. The summed E-state index contributed by atoms with van der Waals surface area (Å²) in [4.78, 5) is 12.1. The van der Waals surface area contributed by atoms with Gasteiger partial charge in [0.1, 0.15) is 17.2 Å². The summed E-state index contributed by atoms with van der Waals surface area (Å²) in [6.07, 6.45) is -0.0225. The van der Waals surface area contributed by atoms with Crippen LogP contribution in [0.25, 0.3) is 0 Å². The molecule has 3 rings (SSSR count). The number of benzene rings is 2. The zero-order chi connectivity index (χ0) is 17.6. The monoisotopic (exact) mass is 378 g/mol. The third kappa shape index (κ3) is 5.36. The Hall–Kier alpha value is -2.28. The first-order valence-electron chi connectivity index (χ1n) is 8.37. The van der Waals surface area contributed by atoms with Crippen LogP contribution in [0.2, 0.25) is 0 Å². The van der Waals surface area contributed by atoms with E-state index in [0.717, 1.165) is 5.75 Å². The first kappa shape index (κ1) is 20.0. The van der Waals surface area contributed by atoms with Crippen LogP contribution in [0.4, 0.5) is 5.69 Å². The highest BCUT2D eigenvalue weighted by molar-refractivity contribution is 5.95. The van der Waals surface area contributed by atoms with Gasteiger partial charge in [-0.05, 0) is 61.9 Å². The number of nitrogens with one attached hydrogen (secondary N) is 2. The van der Waals surface area contributed by atoms with Crippen LogP contribution >= 0.6 is 12.4 Å². The summed E-state index contributed by atoms with van der Waals surface area (Å²) in [5, 5.41) is 15.3. The van der Waals surface area contributed by atoms with E-state index in [0.29, 0.717) is 36.8 Å². The molecule has 1 aliphatic heterocycles. The molecule has 3 N–H and O–H groups in total. The average Bonchev–Trinajstić information content (AvgIpc) is 3.05. The lowest BCUT2D eigenvalue weighted by atomic mass is 10.2. The highest BCUT2D eigenvalue weighted by Gasteiger charge is 2.27. The Balaban J connectivity index is 0.00000243. The van der Waals surface area contributed by atoms with E-state index in [2.05, 4.69) is 10.6 Å². The zero-order valence-electron chi connectivity index (χ0n) is 14.5. The van der Waals surface area contributed by atoms with Crippen LogP contribution in [0.3, 0.4) is 0 Å².